The maximum absolute atomic E-state index is 14.7. The van der Waals surface area contributed by atoms with Crippen molar-refractivity contribution in [2.45, 2.75) is 108 Å². The van der Waals surface area contributed by atoms with Gasteiger partial charge in [0.2, 0.25) is 17.7 Å². The molecule has 5 amide bonds. The van der Waals surface area contributed by atoms with Gasteiger partial charge in [-0.2, -0.15) is 11.8 Å². The average Bonchev–Trinajstić information content (AvgIpc) is 3.82. The lowest BCUT2D eigenvalue weighted by Crippen LogP contribution is -2.56. The molecule has 0 spiro atoms. The van der Waals surface area contributed by atoms with E-state index in [1.54, 1.807) is 53.4 Å². The number of hydrogen-bond acceptors (Lipinski definition) is 8. The molecule has 3 aliphatic rings. The number of likely N-dealkylation sites (tertiary alicyclic amines) is 1. The Bertz CT molecular complexity index is 1500. The molecule has 0 saturated carbocycles. The fraction of sp³-hybridized carbons (Fsp3) is 0.568. The molecule has 5 rings (SSSR count). The monoisotopic (exact) mass is 741 g/mol. The Morgan fingerprint density at radius 2 is 1.59 bits per heavy atom. The van der Waals surface area contributed by atoms with Crippen molar-refractivity contribution < 1.29 is 32.8 Å². The molecule has 51 heavy (non-hydrogen) atoms. The standard InChI is InChI=1S/C37H52N5O7PS/c1-24(2)22-32(50(47,48-26-14-7-5-8-15-26)49-27-16-9-6-10-17-27)40-35(44)29-18-13-21-42(29)36(45)33(25(3)4)39-31(43)20-12-11-19-30-34-28(23-51-30)38-37(46)41-34/h5-10,14-17,24-25,28-30,32-34H,11-13,18-23H2,1-4H3,(H,39,43)(H,40,44)(H2,38,41,46). The number of fused-ring (bicyclic) bond motifs is 1. The molecule has 0 aromatic heterocycles. The van der Waals surface area contributed by atoms with Gasteiger partial charge in [0, 0.05) is 24.0 Å². The maximum atomic E-state index is 14.7. The number of carbonyl (C=O) groups excluding carboxylic acids is 4. The summed E-state index contributed by atoms with van der Waals surface area (Å²) < 4.78 is 26.9. The number of hydrogen-bond donors (Lipinski definition) is 4. The number of urea groups is 1. The average molecular weight is 742 g/mol. The van der Waals surface area contributed by atoms with Crippen molar-refractivity contribution in [3.05, 3.63) is 60.7 Å². The minimum absolute atomic E-state index is 0.0265. The van der Waals surface area contributed by atoms with E-state index < -0.39 is 31.4 Å². The highest BCUT2D eigenvalue weighted by molar-refractivity contribution is 8.00. The molecule has 4 N–H and O–H groups in total. The quantitative estimate of drug-likeness (QED) is 0.0917. The van der Waals surface area contributed by atoms with Crippen molar-refractivity contribution in [2.75, 3.05) is 12.3 Å². The highest BCUT2D eigenvalue weighted by Gasteiger charge is 2.45. The smallest absolute Gasteiger partial charge is 0.415 e. The lowest BCUT2D eigenvalue weighted by Gasteiger charge is -2.33. The molecule has 6 atom stereocenters. The zero-order valence-corrected chi connectivity index (χ0v) is 31.6. The van der Waals surface area contributed by atoms with Crippen LogP contribution in [0.4, 0.5) is 4.79 Å². The normalized spacial score (nSPS) is 22.5. The van der Waals surface area contributed by atoms with Crippen LogP contribution in [0.25, 0.3) is 0 Å². The van der Waals surface area contributed by atoms with Gasteiger partial charge in [0.15, 0.2) is 5.78 Å². The Labute approximate surface area is 305 Å². The molecule has 0 bridgehead atoms. The molecule has 278 valence electrons. The van der Waals surface area contributed by atoms with Crippen LogP contribution in [0.1, 0.15) is 72.6 Å². The molecule has 12 nitrogen and oxygen atoms in total. The van der Waals surface area contributed by atoms with Crippen LogP contribution < -0.4 is 30.3 Å². The number of para-hydroxylation sites is 2. The molecule has 3 fully saturated rings. The number of unbranched alkanes of at least 4 members (excludes halogenated alkanes) is 1. The molecule has 2 aromatic rings. The van der Waals surface area contributed by atoms with Crippen LogP contribution in [-0.2, 0) is 18.9 Å². The van der Waals surface area contributed by atoms with E-state index in [9.17, 15) is 23.7 Å². The van der Waals surface area contributed by atoms with Crippen molar-refractivity contribution >= 4 is 43.1 Å². The zero-order chi connectivity index (χ0) is 36.5. The lowest BCUT2D eigenvalue weighted by atomic mass is 10.0. The van der Waals surface area contributed by atoms with Crippen LogP contribution in [-0.4, -0.2) is 76.2 Å². The van der Waals surface area contributed by atoms with Gasteiger partial charge in [-0.3, -0.25) is 14.4 Å². The first kappa shape index (κ1) is 38.5. The Balaban J connectivity index is 1.22. The highest BCUT2D eigenvalue weighted by atomic mass is 32.2. The fourth-order valence-electron chi connectivity index (χ4n) is 6.89. The summed E-state index contributed by atoms with van der Waals surface area (Å²) in [6, 6.07) is 16.0. The molecular formula is C37H52N5O7PS. The Hall–Kier alpha value is -3.70. The first-order chi connectivity index (χ1) is 24.4. The topological polar surface area (TPSA) is 155 Å². The third-order valence-corrected chi connectivity index (χ3v) is 13.0. The first-order valence-corrected chi connectivity index (χ1v) is 20.8. The minimum atomic E-state index is -4.06. The predicted octanol–water partition coefficient (Wildman–Crippen LogP) is 5.68. The molecule has 3 heterocycles. The number of amides is 5. The van der Waals surface area contributed by atoms with Crippen molar-refractivity contribution in [3.8, 4) is 11.5 Å². The van der Waals surface area contributed by atoms with Gasteiger partial charge >= 0.3 is 13.6 Å². The maximum Gasteiger partial charge on any atom is 0.452 e. The van der Waals surface area contributed by atoms with Crippen molar-refractivity contribution in [2.24, 2.45) is 11.8 Å². The van der Waals surface area contributed by atoms with Gasteiger partial charge in [-0.05, 0) is 68.2 Å². The second kappa shape index (κ2) is 17.7. The van der Waals surface area contributed by atoms with E-state index in [4.69, 9.17) is 9.05 Å². The van der Waals surface area contributed by atoms with Crippen LogP contribution >= 0.6 is 19.4 Å². The molecular weight excluding hydrogens is 689 g/mol. The van der Waals surface area contributed by atoms with Crippen molar-refractivity contribution in [1.82, 2.24) is 26.2 Å². The number of thioether (sulfide) groups is 1. The van der Waals surface area contributed by atoms with E-state index >= 15 is 0 Å². The van der Waals surface area contributed by atoms with Crippen molar-refractivity contribution in [3.63, 3.8) is 0 Å². The largest absolute Gasteiger partial charge is 0.452 e. The second-order valence-corrected chi connectivity index (χ2v) is 17.7. The third-order valence-electron chi connectivity index (χ3n) is 9.51. The van der Waals surface area contributed by atoms with Gasteiger partial charge in [-0.25, -0.2) is 9.36 Å². The summed E-state index contributed by atoms with van der Waals surface area (Å²) in [5.41, 5.74) is 0. The Morgan fingerprint density at radius 3 is 2.20 bits per heavy atom. The van der Waals surface area contributed by atoms with Crippen LogP contribution in [0, 0.1) is 11.8 Å². The van der Waals surface area contributed by atoms with E-state index in [2.05, 4.69) is 21.3 Å². The molecule has 0 radical (unpaired) electrons. The van der Waals surface area contributed by atoms with Gasteiger partial charge < -0.3 is 35.2 Å². The number of benzene rings is 2. The summed E-state index contributed by atoms with van der Waals surface area (Å²) in [7, 11) is -4.06. The molecule has 3 saturated heterocycles. The molecule has 2 aromatic carbocycles. The summed E-state index contributed by atoms with van der Waals surface area (Å²) >= 11 is 1.85. The summed E-state index contributed by atoms with van der Waals surface area (Å²) in [5.74, 6) is -0.544. The van der Waals surface area contributed by atoms with Gasteiger partial charge in [0.05, 0.1) is 12.1 Å². The summed E-state index contributed by atoms with van der Waals surface area (Å²) in [4.78, 5) is 54.3. The number of nitrogens with one attached hydrogen (secondary N) is 4. The number of nitrogens with zero attached hydrogens (tertiary/aromatic N) is 1. The van der Waals surface area contributed by atoms with E-state index in [0.29, 0.717) is 49.0 Å². The zero-order valence-electron chi connectivity index (χ0n) is 29.9. The predicted molar refractivity (Wildman–Crippen MR) is 199 cm³/mol. The molecule has 14 heteroatoms. The minimum Gasteiger partial charge on any atom is -0.415 e. The SMILES string of the molecule is CC(C)CC(NC(=O)C1CCCN1C(=O)C(NC(=O)CCCCC1SCC2NC(=O)NC21)C(C)C)P(=O)(Oc1ccccc1)Oc1ccccc1. The molecule has 0 aliphatic carbocycles. The lowest BCUT2D eigenvalue weighted by molar-refractivity contribution is -0.142. The number of carbonyl (C=O) groups is 4. The second-order valence-electron chi connectivity index (χ2n) is 14.3. The van der Waals surface area contributed by atoms with E-state index in [-0.39, 0.29) is 48.2 Å². The Kier molecular flexibility index (Phi) is 13.4. The molecule has 6 unspecified atom stereocenters. The fourth-order valence-corrected chi connectivity index (χ4v) is 10.5. The van der Waals surface area contributed by atoms with Crippen LogP contribution in [0.2, 0.25) is 0 Å². The van der Waals surface area contributed by atoms with Gasteiger partial charge in [-0.15, -0.1) is 0 Å². The van der Waals surface area contributed by atoms with Gasteiger partial charge in [0.25, 0.3) is 0 Å². The number of rotatable bonds is 17. The summed E-state index contributed by atoms with van der Waals surface area (Å²) in [6.07, 6.45) is 4.05. The van der Waals surface area contributed by atoms with Crippen molar-refractivity contribution in [1.29, 1.82) is 0 Å². The summed E-state index contributed by atoms with van der Waals surface area (Å²) in [5, 5.41) is 12.2. The van der Waals surface area contributed by atoms with Gasteiger partial charge in [0.1, 0.15) is 23.6 Å². The first-order valence-electron chi connectivity index (χ1n) is 18.1. The van der Waals surface area contributed by atoms with E-state index in [1.807, 2.05) is 51.6 Å². The summed E-state index contributed by atoms with van der Waals surface area (Å²) in [6.45, 7) is 8.05. The van der Waals surface area contributed by atoms with Crippen LogP contribution in [0.5, 0.6) is 11.5 Å². The van der Waals surface area contributed by atoms with Crippen LogP contribution in [0.3, 0.4) is 0 Å². The van der Waals surface area contributed by atoms with Crippen LogP contribution in [0.15, 0.2) is 60.7 Å². The molecule has 3 aliphatic heterocycles. The van der Waals surface area contributed by atoms with E-state index in [0.717, 1.165) is 18.6 Å². The van der Waals surface area contributed by atoms with Gasteiger partial charge in [-0.1, -0.05) is 70.5 Å². The third kappa shape index (κ3) is 10.2. The Morgan fingerprint density at radius 1 is 0.941 bits per heavy atom. The highest BCUT2D eigenvalue weighted by Crippen LogP contribution is 2.53. The van der Waals surface area contributed by atoms with E-state index in [1.165, 1.54) is 0 Å².